The zero-order valence-corrected chi connectivity index (χ0v) is 15.0. The van der Waals surface area contributed by atoms with E-state index < -0.39 is 36.1 Å². The topological polar surface area (TPSA) is 92.8 Å². The minimum atomic E-state index is -1.04. The van der Waals surface area contributed by atoms with Gasteiger partial charge in [-0.2, -0.15) is 0 Å². The van der Waals surface area contributed by atoms with Gasteiger partial charge < -0.3 is 10.1 Å². The summed E-state index contributed by atoms with van der Waals surface area (Å²) in [5, 5.41) is 3.18. The van der Waals surface area contributed by atoms with Crippen molar-refractivity contribution in [3.8, 4) is 0 Å². The fourth-order valence-electron chi connectivity index (χ4n) is 3.40. The monoisotopic (exact) mass is 378 g/mol. The Morgan fingerprint density at radius 2 is 1.85 bits per heavy atom. The Kier molecular flexibility index (Phi) is 5.00. The van der Waals surface area contributed by atoms with Crippen LogP contribution >= 0.6 is 11.6 Å². The third kappa shape index (κ3) is 3.44. The summed E-state index contributed by atoms with van der Waals surface area (Å²) in [4.78, 5) is 49.8. The molecule has 0 aromatic heterocycles. The SMILES string of the molecule is C[C@H](OC(=O)CN1C(=O)NC2(CCCC2)C1=O)C(=O)c1ccc(Cl)cc1. The number of Topliss-reactive ketones (excluding diaryl/α,β-unsaturated/α-hetero) is 1. The molecule has 1 heterocycles. The summed E-state index contributed by atoms with van der Waals surface area (Å²) in [5.74, 6) is -1.59. The quantitative estimate of drug-likeness (QED) is 0.482. The molecule has 8 heteroatoms. The van der Waals surface area contributed by atoms with Gasteiger partial charge in [-0.3, -0.25) is 19.3 Å². The van der Waals surface area contributed by atoms with Crippen LogP contribution in [0.25, 0.3) is 0 Å². The number of amides is 3. The molecule has 1 saturated heterocycles. The third-order valence-electron chi connectivity index (χ3n) is 4.80. The lowest BCUT2D eigenvalue weighted by molar-refractivity contribution is -0.149. The molecule has 0 unspecified atom stereocenters. The van der Waals surface area contributed by atoms with Crippen LogP contribution in [0.15, 0.2) is 24.3 Å². The van der Waals surface area contributed by atoms with Crippen LogP contribution in [0.2, 0.25) is 5.02 Å². The lowest BCUT2D eigenvalue weighted by Gasteiger charge is -2.20. The van der Waals surface area contributed by atoms with Crippen LogP contribution in [0.4, 0.5) is 4.79 Å². The van der Waals surface area contributed by atoms with E-state index in [1.165, 1.54) is 19.1 Å². The molecule has 0 bridgehead atoms. The Bertz CT molecular complexity index is 755. The number of nitrogens with zero attached hydrogens (tertiary/aromatic N) is 1. The largest absolute Gasteiger partial charge is 0.453 e. The van der Waals surface area contributed by atoms with E-state index in [0.29, 0.717) is 23.4 Å². The molecule has 1 aliphatic heterocycles. The highest BCUT2D eigenvalue weighted by Crippen LogP contribution is 2.34. The van der Waals surface area contributed by atoms with Crippen molar-refractivity contribution in [3.63, 3.8) is 0 Å². The molecule has 26 heavy (non-hydrogen) atoms. The van der Waals surface area contributed by atoms with Crippen molar-refractivity contribution in [1.82, 2.24) is 10.2 Å². The van der Waals surface area contributed by atoms with Crippen molar-refractivity contribution in [1.29, 1.82) is 0 Å². The van der Waals surface area contributed by atoms with Crippen molar-refractivity contribution < 1.29 is 23.9 Å². The summed E-state index contributed by atoms with van der Waals surface area (Å²) < 4.78 is 5.11. The fourth-order valence-corrected chi connectivity index (χ4v) is 3.53. The van der Waals surface area contributed by atoms with E-state index in [4.69, 9.17) is 16.3 Å². The van der Waals surface area contributed by atoms with Crippen molar-refractivity contribution in [3.05, 3.63) is 34.9 Å². The molecular formula is C18H19ClN2O5. The number of hydrogen-bond acceptors (Lipinski definition) is 5. The summed E-state index contributed by atoms with van der Waals surface area (Å²) in [6.07, 6.45) is 1.83. The molecule has 7 nitrogen and oxygen atoms in total. The molecule has 138 valence electrons. The van der Waals surface area contributed by atoms with Gasteiger partial charge in [-0.1, -0.05) is 24.4 Å². The molecule has 2 fully saturated rings. The van der Waals surface area contributed by atoms with E-state index in [0.717, 1.165) is 17.7 Å². The number of ketones is 1. The van der Waals surface area contributed by atoms with Crippen LogP contribution in [0.5, 0.6) is 0 Å². The van der Waals surface area contributed by atoms with Gasteiger partial charge in [0.25, 0.3) is 5.91 Å². The Morgan fingerprint density at radius 3 is 2.46 bits per heavy atom. The average Bonchev–Trinajstić information content (AvgIpc) is 3.16. The zero-order chi connectivity index (χ0) is 18.9. The first-order valence-corrected chi connectivity index (χ1v) is 8.83. The third-order valence-corrected chi connectivity index (χ3v) is 5.05. The molecule has 3 amide bonds. The smallest absolute Gasteiger partial charge is 0.326 e. The van der Waals surface area contributed by atoms with Gasteiger partial charge in [-0.05, 0) is 44.0 Å². The van der Waals surface area contributed by atoms with Crippen LogP contribution in [0.3, 0.4) is 0 Å². The van der Waals surface area contributed by atoms with Gasteiger partial charge in [-0.25, -0.2) is 4.79 Å². The van der Waals surface area contributed by atoms with E-state index in [2.05, 4.69) is 5.32 Å². The van der Waals surface area contributed by atoms with Crippen molar-refractivity contribution >= 4 is 35.3 Å². The minimum absolute atomic E-state index is 0.356. The molecule has 1 aliphatic carbocycles. The normalized spacial score (nSPS) is 19.5. The van der Waals surface area contributed by atoms with E-state index in [1.54, 1.807) is 12.1 Å². The number of urea groups is 1. The van der Waals surface area contributed by atoms with Gasteiger partial charge in [0.05, 0.1) is 0 Å². The number of halogens is 1. The highest BCUT2D eigenvalue weighted by Gasteiger charge is 2.52. The second-order valence-electron chi connectivity index (χ2n) is 6.61. The number of carbonyl (C=O) groups is 4. The molecule has 0 radical (unpaired) electrons. The summed E-state index contributed by atoms with van der Waals surface area (Å²) in [6, 6.07) is 5.62. The first-order valence-electron chi connectivity index (χ1n) is 8.46. The lowest BCUT2D eigenvalue weighted by atomic mass is 9.98. The number of esters is 1. The number of rotatable bonds is 5. The molecule has 1 aromatic carbocycles. The number of carbonyl (C=O) groups excluding carboxylic acids is 4. The number of nitrogens with one attached hydrogen (secondary N) is 1. The van der Waals surface area contributed by atoms with Gasteiger partial charge in [0, 0.05) is 10.6 Å². The van der Waals surface area contributed by atoms with Gasteiger partial charge in [-0.15, -0.1) is 0 Å². The minimum Gasteiger partial charge on any atom is -0.453 e. The molecule has 1 spiro atoms. The Labute approximate surface area is 155 Å². The standard InChI is InChI=1S/C18H19ClN2O5/c1-11(15(23)12-4-6-13(19)7-5-12)26-14(22)10-21-16(24)18(20-17(21)25)8-2-3-9-18/h4-7,11H,2-3,8-10H2,1H3,(H,20,25)/t11-/m0/s1. The van der Waals surface area contributed by atoms with Gasteiger partial charge in [0.15, 0.2) is 6.10 Å². The second-order valence-corrected chi connectivity index (χ2v) is 7.05. The van der Waals surface area contributed by atoms with Crippen LogP contribution in [-0.2, 0) is 14.3 Å². The summed E-state index contributed by atoms with van der Waals surface area (Å²) in [7, 11) is 0. The molecule has 1 saturated carbocycles. The highest BCUT2D eigenvalue weighted by molar-refractivity contribution is 6.30. The van der Waals surface area contributed by atoms with E-state index in [9.17, 15) is 19.2 Å². The summed E-state index contributed by atoms with van der Waals surface area (Å²) >= 11 is 5.78. The van der Waals surface area contributed by atoms with Gasteiger partial charge in [0.1, 0.15) is 12.1 Å². The Balaban J connectivity index is 1.60. The molecule has 1 aromatic rings. The number of benzene rings is 1. The molecule has 2 aliphatic rings. The number of imide groups is 1. The molecular weight excluding hydrogens is 360 g/mol. The maximum Gasteiger partial charge on any atom is 0.326 e. The highest BCUT2D eigenvalue weighted by atomic mass is 35.5. The van der Waals surface area contributed by atoms with E-state index in [-0.39, 0.29) is 5.78 Å². The van der Waals surface area contributed by atoms with Crippen molar-refractivity contribution in [2.24, 2.45) is 0 Å². The average molecular weight is 379 g/mol. The van der Waals surface area contributed by atoms with E-state index >= 15 is 0 Å². The number of hydrogen-bond donors (Lipinski definition) is 1. The summed E-state index contributed by atoms with van der Waals surface area (Å²) in [5.41, 5.74) is -0.517. The van der Waals surface area contributed by atoms with Crippen LogP contribution in [-0.4, -0.2) is 46.8 Å². The second kappa shape index (κ2) is 7.07. The Hall–Kier alpha value is -2.41. The Morgan fingerprint density at radius 1 is 1.23 bits per heavy atom. The molecule has 1 atom stereocenters. The van der Waals surface area contributed by atoms with Crippen molar-refractivity contribution in [2.75, 3.05) is 6.54 Å². The van der Waals surface area contributed by atoms with Crippen molar-refractivity contribution in [2.45, 2.75) is 44.2 Å². The first kappa shape index (κ1) is 18.4. The zero-order valence-electron chi connectivity index (χ0n) is 14.3. The fraction of sp³-hybridized carbons (Fsp3) is 0.444. The van der Waals surface area contributed by atoms with E-state index in [1.807, 2.05) is 0 Å². The van der Waals surface area contributed by atoms with Crippen LogP contribution in [0.1, 0.15) is 43.0 Å². The summed E-state index contributed by atoms with van der Waals surface area (Å²) in [6.45, 7) is 0.934. The van der Waals surface area contributed by atoms with Crippen LogP contribution in [0, 0.1) is 0 Å². The van der Waals surface area contributed by atoms with Gasteiger partial charge >= 0.3 is 12.0 Å². The lowest BCUT2D eigenvalue weighted by Crippen LogP contribution is -2.44. The molecule has 3 rings (SSSR count). The number of ether oxygens (including phenoxy) is 1. The van der Waals surface area contributed by atoms with Crippen LogP contribution < -0.4 is 5.32 Å². The predicted octanol–water partition coefficient (Wildman–Crippen LogP) is 2.32. The predicted molar refractivity (Wildman–Crippen MR) is 92.8 cm³/mol. The molecule has 1 N–H and O–H groups in total. The maximum absolute atomic E-state index is 12.5. The first-order chi connectivity index (χ1) is 12.3. The van der Waals surface area contributed by atoms with Gasteiger partial charge in [0.2, 0.25) is 5.78 Å². The maximum atomic E-state index is 12.5.